The summed E-state index contributed by atoms with van der Waals surface area (Å²) in [6.45, 7) is -0.881. The van der Waals surface area contributed by atoms with Gasteiger partial charge in [0, 0.05) is 6.42 Å². The molecule has 6 N–H and O–H groups in total. The molecule has 0 saturated carbocycles. The smallest absolute Gasteiger partial charge is 0.210 e. The number of aliphatic hydroxyl groups is 6. The number of aliphatic carboxylic acids is 1. The van der Waals surface area contributed by atoms with Crippen LogP contribution >= 0.6 is 0 Å². The van der Waals surface area contributed by atoms with Crippen LogP contribution < -0.4 is 5.11 Å². The van der Waals surface area contributed by atoms with Crippen LogP contribution in [0.25, 0.3) is 0 Å². The van der Waals surface area contributed by atoms with Gasteiger partial charge >= 0.3 is 0 Å². The monoisotopic (exact) mass is 267 g/mol. The normalized spacial score (nSPS) is 40.2. The Balaban J connectivity index is 2.92. The molecule has 0 aromatic rings. The molecule has 1 heterocycles. The zero-order valence-corrected chi connectivity index (χ0v) is 9.21. The molecule has 1 aliphatic rings. The van der Waals surface area contributed by atoms with Gasteiger partial charge in [0.05, 0.1) is 12.7 Å². The second kappa shape index (κ2) is 5.45. The van der Waals surface area contributed by atoms with E-state index in [9.17, 15) is 35.4 Å². The first-order valence-electron chi connectivity index (χ1n) is 5.17. The minimum Gasteiger partial charge on any atom is -0.544 e. The fourth-order valence-electron chi connectivity index (χ4n) is 1.70. The van der Waals surface area contributed by atoms with Crippen molar-refractivity contribution in [2.75, 3.05) is 6.61 Å². The molecule has 18 heavy (non-hydrogen) atoms. The van der Waals surface area contributed by atoms with Gasteiger partial charge in [-0.3, -0.25) is 0 Å². The lowest BCUT2D eigenvalue weighted by Gasteiger charge is -2.44. The Morgan fingerprint density at radius 2 is 2.00 bits per heavy atom. The van der Waals surface area contributed by atoms with Gasteiger partial charge in [-0.25, -0.2) is 0 Å². The number of hydrogen-bond donors (Lipinski definition) is 6. The molecule has 1 unspecified atom stereocenters. The van der Waals surface area contributed by atoms with Crippen molar-refractivity contribution in [3.8, 4) is 0 Å². The maximum absolute atomic E-state index is 10.7. The molecule has 106 valence electrons. The summed E-state index contributed by atoms with van der Waals surface area (Å²) in [7, 11) is 0. The van der Waals surface area contributed by atoms with Crippen LogP contribution in [0, 0.1) is 0 Å². The Hall–Kier alpha value is -0.810. The third kappa shape index (κ3) is 2.78. The molecule has 0 spiro atoms. The first kappa shape index (κ1) is 15.2. The Kier molecular flexibility index (Phi) is 4.61. The van der Waals surface area contributed by atoms with Crippen molar-refractivity contribution < 1.29 is 45.3 Å². The molecule has 9 heteroatoms. The van der Waals surface area contributed by atoms with Crippen molar-refractivity contribution in [1.82, 2.24) is 0 Å². The summed E-state index contributed by atoms with van der Waals surface area (Å²) in [6.07, 6.45) is -9.71. The van der Waals surface area contributed by atoms with Crippen LogP contribution in [0.2, 0.25) is 0 Å². The van der Waals surface area contributed by atoms with Crippen LogP contribution in [-0.2, 0) is 9.53 Å². The van der Waals surface area contributed by atoms with E-state index < -0.39 is 55.3 Å². The third-order valence-corrected chi connectivity index (χ3v) is 2.78. The van der Waals surface area contributed by atoms with E-state index >= 15 is 0 Å². The van der Waals surface area contributed by atoms with Gasteiger partial charge in [-0.2, -0.15) is 0 Å². The van der Waals surface area contributed by atoms with E-state index in [0.29, 0.717) is 0 Å². The average Bonchev–Trinajstić information content (AvgIpc) is 2.31. The van der Waals surface area contributed by atoms with Gasteiger partial charge in [0.15, 0.2) is 0 Å². The quantitative estimate of drug-likeness (QED) is 0.291. The highest BCUT2D eigenvalue weighted by Gasteiger charge is 2.49. The van der Waals surface area contributed by atoms with E-state index in [1.807, 2.05) is 0 Å². The third-order valence-electron chi connectivity index (χ3n) is 2.78. The summed E-state index contributed by atoms with van der Waals surface area (Å²) in [5.41, 5.74) is 0. The van der Waals surface area contributed by atoms with Crippen molar-refractivity contribution >= 4 is 5.97 Å². The number of rotatable bonds is 4. The summed E-state index contributed by atoms with van der Waals surface area (Å²) in [4.78, 5) is 10.7. The molecule has 1 aliphatic heterocycles. The topological polar surface area (TPSA) is 171 Å². The van der Waals surface area contributed by atoms with E-state index in [0.717, 1.165) is 0 Å². The Morgan fingerprint density at radius 3 is 2.44 bits per heavy atom. The highest BCUT2D eigenvalue weighted by Crippen LogP contribution is 2.29. The predicted octanol–water partition coefficient (Wildman–Crippen LogP) is -5.35. The number of aliphatic hydroxyl groups excluding tert-OH is 5. The summed E-state index contributed by atoms with van der Waals surface area (Å²) < 4.78 is 4.57. The minimum absolute atomic E-state index is 0.852. The number of carbonyl (C=O) groups is 1. The second-order valence-corrected chi connectivity index (χ2v) is 4.16. The Labute approximate surface area is 101 Å². The summed E-state index contributed by atoms with van der Waals surface area (Å²) in [6, 6.07) is 0. The molecule has 1 rings (SSSR count). The van der Waals surface area contributed by atoms with Gasteiger partial charge in [0.2, 0.25) is 5.79 Å². The van der Waals surface area contributed by atoms with Crippen LogP contribution in [0.1, 0.15) is 6.42 Å². The van der Waals surface area contributed by atoms with Gasteiger partial charge in [-0.1, -0.05) is 0 Å². The fourth-order valence-corrected chi connectivity index (χ4v) is 1.70. The van der Waals surface area contributed by atoms with E-state index in [-0.39, 0.29) is 0 Å². The molecule has 1 fully saturated rings. The van der Waals surface area contributed by atoms with Crippen LogP contribution in [0.3, 0.4) is 0 Å². The Morgan fingerprint density at radius 1 is 1.44 bits per heavy atom. The van der Waals surface area contributed by atoms with Gasteiger partial charge < -0.3 is 45.3 Å². The maximum atomic E-state index is 10.7. The van der Waals surface area contributed by atoms with E-state index in [1.165, 1.54) is 0 Å². The lowest BCUT2D eigenvalue weighted by molar-refractivity contribution is -0.380. The van der Waals surface area contributed by atoms with Crippen molar-refractivity contribution in [2.24, 2.45) is 0 Å². The SMILES string of the molecule is O=C([O-])C1(O)C[C@H](O)[C@@H](O)[C@H]([C@H](O)[C@H](O)CO)O1. The highest BCUT2D eigenvalue weighted by molar-refractivity contribution is 5.73. The molecule has 1 saturated heterocycles. The summed E-state index contributed by atoms with van der Waals surface area (Å²) in [5.74, 6) is -4.94. The van der Waals surface area contributed by atoms with Crippen LogP contribution in [0.5, 0.6) is 0 Å². The zero-order chi connectivity index (χ0) is 14.1. The molecule has 0 radical (unpaired) electrons. The highest BCUT2D eigenvalue weighted by atomic mass is 16.7. The van der Waals surface area contributed by atoms with Crippen LogP contribution in [0.4, 0.5) is 0 Å². The predicted molar refractivity (Wildman–Crippen MR) is 50.6 cm³/mol. The summed E-state index contributed by atoms with van der Waals surface area (Å²) >= 11 is 0. The largest absolute Gasteiger partial charge is 0.544 e. The van der Waals surface area contributed by atoms with Gasteiger partial charge in [-0.05, 0) is 0 Å². The van der Waals surface area contributed by atoms with Crippen molar-refractivity contribution in [1.29, 1.82) is 0 Å². The first-order chi connectivity index (χ1) is 8.23. The van der Waals surface area contributed by atoms with Gasteiger partial charge in [0.1, 0.15) is 30.4 Å². The number of carboxylic acids is 1. The molecule has 0 aromatic heterocycles. The van der Waals surface area contributed by atoms with Crippen LogP contribution in [0.15, 0.2) is 0 Å². The lowest BCUT2D eigenvalue weighted by atomic mass is 9.91. The molecule has 0 amide bonds. The van der Waals surface area contributed by atoms with Crippen LogP contribution in [-0.4, -0.2) is 79.5 Å². The molecule has 0 bridgehead atoms. The van der Waals surface area contributed by atoms with E-state index in [1.54, 1.807) is 0 Å². The Bertz CT molecular complexity index is 308. The zero-order valence-electron chi connectivity index (χ0n) is 9.21. The minimum atomic E-state index is -2.89. The van der Waals surface area contributed by atoms with E-state index in [4.69, 9.17) is 5.11 Å². The number of carboxylic acid groups (broad SMARTS) is 1. The lowest BCUT2D eigenvalue weighted by Crippen LogP contribution is -2.65. The standard InChI is InChI=1S/C9H16O9/c10-2-4(12)6(14)7-5(13)3(11)1-9(17,18-7)8(15)16/h3-7,10-14,17H,1-2H2,(H,15,16)/p-1/t3-,4+,5+,6+,7+,9?/m0/s1. The summed E-state index contributed by atoms with van der Waals surface area (Å²) in [5, 5.41) is 66.4. The van der Waals surface area contributed by atoms with Gasteiger partial charge in [0.25, 0.3) is 0 Å². The number of ether oxygens (including phenoxy) is 1. The maximum Gasteiger partial charge on any atom is 0.210 e. The molecule has 0 aliphatic carbocycles. The number of hydrogen-bond acceptors (Lipinski definition) is 9. The van der Waals surface area contributed by atoms with Gasteiger partial charge in [-0.15, -0.1) is 0 Å². The first-order valence-corrected chi connectivity index (χ1v) is 5.17. The van der Waals surface area contributed by atoms with Crippen molar-refractivity contribution in [2.45, 2.75) is 42.7 Å². The average molecular weight is 267 g/mol. The molecule has 0 aromatic carbocycles. The molecule has 6 atom stereocenters. The number of carbonyl (C=O) groups excluding carboxylic acids is 1. The second-order valence-electron chi connectivity index (χ2n) is 4.16. The molecular weight excluding hydrogens is 252 g/mol. The molecular formula is C9H15O9-. The fraction of sp³-hybridized carbons (Fsp3) is 0.889. The molecule has 9 nitrogen and oxygen atoms in total. The van der Waals surface area contributed by atoms with Crippen molar-refractivity contribution in [3.63, 3.8) is 0 Å². The van der Waals surface area contributed by atoms with E-state index in [2.05, 4.69) is 4.74 Å². The van der Waals surface area contributed by atoms with Crippen molar-refractivity contribution in [3.05, 3.63) is 0 Å².